The molecule has 1 aliphatic rings. The molecule has 0 spiro atoms. The smallest absolute Gasteiger partial charge is 0.249 e. The van der Waals surface area contributed by atoms with Gasteiger partial charge in [0.1, 0.15) is 11.0 Å². The van der Waals surface area contributed by atoms with Gasteiger partial charge in [-0.2, -0.15) is 0 Å². The highest BCUT2D eigenvalue weighted by molar-refractivity contribution is 7.18. The molecule has 2 aromatic rings. The molecule has 1 aliphatic carbocycles. The molecule has 7 heteroatoms. The van der Waals surface area contributed by atoms with E-state index in [4.69, 9.17) is 0 Å². The van der Waals surface area contributed by atoms with Crippen molar-refractivity contribution in [2.75, 3.05) is 5.32 Å². The highest BCUT2D eigenvalue weighted by Gasteiger charge is 2.34. The van der Waals surface area contributed by atoms with E-state index in [0.717, 1.165) is 35.4 Å². The van der Waals surface area contributed by atoms with Crippen LogP contribution in [-0.2, 0) is 9.59 Å². The Morgan fingerprint density at radius 1 is 1.31 bits per heavy atom. The van der Waals surface area contributed by atoms with Crippen LogP contribution in [-0.4, -0.2) is 28.1 Å². The van der Waals surface area contributed by atoms with Gasteiger partial charge >= 0.3 is 0 Å². The number of aryl methyl sites for hydroxylation is 1. The predicted octanol–water partition coefficient (Wildman–Crippen LogP) is 3.39. The average molecular weight is 372 g/mol. The zero-order valence-corrected chi connectivity index (χ0v) is 16.1. The third-order valence-corrected chi connectivity index (χ3v) is 5.55. The van der Waals surface area contributed by atoms with E-state index in [9.17, 15) is 9.59 Å². The van der Waals surface area contributed by atoms with E-state index in [0.29, 0.717) is 5.13 Å². The summed E-state index contributed by atoms with van der Waals surface area (Å²) in [7, 11) is 0. The molecule has 6 nitrogen and oxygen atoms in total. The van der Waals surface area contributed by atoms with Gasteiger partial charge in [0.25, 0.3) is 0 Å². The third-order valence-electron chi connectivity index (χ3n) is 4.66. The summed E-state index contributed by atoms with van der Waals surface area (Å²) in [6, 6.07) is 7.43. The van der Waals surface area contributed by atoms with Crippen LogP contribution >= 0.6 is 11.3 Å². The van der Waals surface area contributed by atoms with Gasteiger partial charge in [0, 0.05) is 11.5 Å². The Bertz CT molecular complexity index is 800. The van der Waals surface area contributed by atoms with E-state index in [1.807, 2.05) is 45.0 Å². The molecule has 0 bridgehead atoms. The molecule has 1 aromatic heterocycles. The van der Waals surface area contributed by atoms with Gasteiger partial charge in [-0.3, -0.25) is 14.9 Å². The number of hydrogen-bond donors (Lipinski definition) is 2. The number of rotatable bonds is 7. The van der Waals surface area contributed by atoms with Gasteiger partial charge in [0.05, 0.1) is 0 Å². The maximum Gasteiger partial charge on any atom is 0.249 e. The molecule has 0 radical (unpaired) electrons. The van der Waals surface area contributed by atoms with Gasteiger partial charge in [-0.15, -0.1) is 10.2 Å². The van der Waals surface area contributed by atoms with Crippen molar-refractivity contribution in [2.24, 2.45) is 11.8 Å². The molecule has 1 heterocycles. The van der Waals surface area contributed by atoms with E-state index < -0.39 is 6.04 Å². The molecular weight excluding hydrogens is 348 g/mol. The van der Waals surface area contributed by atoms with Crippen LogP contribution in [0.2, 0.25) is 0 Å². The number of amides is 2. The third kappa shape index (κ3) is 4.46. The second-order valence-corrected chi connectivity index (χ2v) is 7.89. The second kappa shape index (κ2) is 7.95. The van der Waals surface area contributed by atoms with Crippen molar-refractivity contribution in [3.05, 3.63) is 29.8 Å². The zero-order valence-electron chi connectivity index (χ0n) is 15.3. The molecule has 2 atom stereocenters. The van der Waals surface area contributed by atoms with Crippen LogP contribution in [0.4, 0.5) is 5.13 Å². The van der Waals surface area contributed by atoms with E-state index >= 15 is 0 Å². The molecule has 3 rings (SSSR count). The molecule has 0 saturated heterocycles. The van der Waals surface area contributed by atoms with E-state index in [1.165, 1.54) is 11.3 Å². The fraction of sp³-hybridized carbons (Fsp3) is 0.474. The molecule has 0 aliphatic heterocycles. The van der Waals surface area contributed by atoms with Gasteiger partial charge < -0.3 is 5.32 Å². The highest BCUT2D eigenvalue weighted by atomic mass is 32.1. The quantitative estimate of drug-likeness (QED) is 0.780. The molecular formula is C19H24N4O2S. The summed E-state index contributed by atoms with van der Waals surface area (Å²) in [4.78, 5) is 24.8. The Morgan fingerprint density at radius 2 is 2.08 bits per heavy atom. The first-order chi connectivity index (χ1) is 12.5. The Morgan fingerprint density at radius 3 is 2.73 bits per heavy atom. The van der Waals surface area contributed by atoms with Crippen LogP contribution in [0.1, 0.15) is 38.7 Å². The first kappa shape index (κ1) is 18.5. The minimum absolute atomic E-state index is 0.0248. The average Bonchev–Trinajstić information content (AvgIpc) is 3.38. The number of hydrogen-bond acceptors (Lipinski definition) is 5. The summed E-state index contributed by atoms with van der Waals surface area (Å²) in [6.07, 6.45) is 2.63. The highest BCUT2D eigenvalue weighted by Crippen LogP contribution is 2.30. The first-order valence-corrected chi connectivity index (χ1v) is 9.81. The number of benzene rings is 1. The van der Waals surface area contributed by atoms with Crippen LogP contribution < -0.4 is 10.6 Å². The summed E-state index contributed by atoms with van der Waals surface area (Å²) in [5.74, 6) is -0.144. The molecule has 1 saturated carbocycles. The standard InChI is InChI=1S/C19H24N4O2S/c1-4-12(3)15(20-16(24)13-8-9-13)17(25)21-19-23-22-18(26-19)14-7-5-6-11(2)10-14/h5-7,10,12-13,15H,4,8-9H2,1-3H3,(H,20,24)(H,21,23,25)/t12-,15+/m0/s1. The van der Waals surface area contributed by atoms with E-state index in [2.05, 4.69) is 20.8 Å². The Labute approximate surface area is 157 Å². The van der Waals surface area contributed by atoms with Crippen molar-refractivity contribution in [2.45, 2.75) is 46.1 Å². The van der Waals surface area contributed by atoms with Crippen LogP contribution in [0.15, 0.2) is 24.3 Å². The number of carbonyl (C=O) groups is 2. The Kier molecular flexibility index (Phi) is 5.66. The largest absolute Gasteiger partial charge is 0.344 e. The van der Waals surface area contributed by atoms with Gasteiger partial charge in [0.2, 0.25) is 16.9 Å². The summed E-state index contributed by atoms with van der Waals surface area (Å²) in [5, 5.41) is 15.2. The van der Waals surface area contributed by atoms with Crippen molar-refractivity contribution in [1.29, 1.82) is 0 Å². The Balaban J connectivity index is 1.69. The van der Waals surface area contributed by atoms with Gasteiger partial charge in [-0.1, -0.05) is 55.4 Å². The first-order valence-electron chi connectivity index (χ1n) is 8.99. The van der Waals surface area contributed by atoms with E-state index in [-0.39, 0.29) is 23.7 Å². The van der Waals surface area contributed by atoms with Crippen molar-refractivity contribution in [3.63, 3.8) is 0 Å². The van der Waals surface area contributed by atoms with Gasteiger partial charge in [-0.25, -0.2) is 0 Å². The maximum atomic E-state index is 12.7. The SMILES string of the molecule is CC[C@H](C)[C@@H](NC(=O)C1CC1)C(=O)Nc1nnc(-c2cccc(C)c2)s1. The summed E-state index contributed by atoms with van der Waals surface area (Å²) < 4.78 is 0. The van der Waals surface area contributed by atoms with E-state index in [1.54, 1.807) is 0 Å². The number of nitrogens with one attached hydrogen (secondary N) is 2. The lowest BCUT2D eigenvalue weighted by atomic mass is 9.98. The fourth-order valence-corrected chi connectivity index (χ4v) is 3.41. The molecule has 138 valence electrons. The zero-order chi connectivity index (χ0) is 18.7. The molecule has 1 aromatic carbocycles. The minimum Gasteiger partial charge on any atom is -0.344 e. The molecule has 1 fully saturated rings. The summed E-state index contributed by atoms with van der Waals surface area (Å²) in [6.45, 7) is 6.00. The van der Waals surface area contributed by atoms with Crippen molar-refractivity contribution in [3.8, 4) is 10.6 Å². The summed E-state index contributed by atoms with van der Waals surface area (Å²) >= 11 is 1.33. The second-order valence-electron chi connectivity index (χ2n) is 6.92. The van der Waals surface area contributed by atoms with Gasteiger partial charge in [0.15, 0.2) is 0 Å². The van der Waals surface area contributed by atoms with Crippen LogP contribution in [0.25, 0.3) is 10.6 Å². The lowest BCUT2D eigenvalue weighted by Crippen LogP contribution is -2.48. The van der Waals surface area contributed by atoms with Crippen LogP contribution in [0.5, 0.6) is 0 Å². The lowest BCUT2D eigenvalue weighted by molar-refractivity contribution is -0.128. The summed E-state index contributed by atoms with van der Waals surface area (Å²) in [5.41, 5.74) is 2.12. The maximum absolute atomic E-state index is 12.7. The molecule has 2 N–H and O–H groups in total. The molecule has 0 unspecified atom stereocenters. The van der Waals surface area contributed by atoms with Gasteiger partial charge in [-0.05, 0) is 31.7 Å². The predicted molar refractivity (Wildman–Crippen MR) is 103 cm³/mol. The van der Waals surface area contributed by atoms with Crippen molar-refractivity contribution < 1.29 is 9.59 Å². The van der Waals surface area contributed by atoms with Crippen LogP contribution in [0.3, 0.4) is 0 Å². The molecule has 26 heavy (non-hydrogen) atoms. The van der Waals surface area contributed by atoms with Crippen LogP contribution in [0, 0.1) is 18.8 Å². The van der Waals surface area contributed by atoms with Crippen molar-refractivity contribution >= 4 is 28.3 Å². The number of nitrogens with zero attached hydrogens (tertiary/aromatic N) is 2. The monoisotopic (exact) mass is 372 g/mol. The van der Waals surface area contributed by atoms with Crippen molar-refractivity contribution in [1.82, 2.24) is 15.5 Å². The fourth-order valence-electron chi connectivity index (χ4n) is 2.67. The number of carbonyl (C=O) groups excluding carboxylic acids is 2. The number of anilines is 1. The topological polar surface area (TPSA) is 84.0 Å². The molecule has 2 amide bonds. The lowest BCUT2D eigenvalue weighted by Gasteiger charge is -2.22. The normalized spacial score (nSPS) is 16.0. The number of aromatic nitrogens is 2. The Hall–Kier alpha value is -2.28. The minimum atomic E-state index is -0.556.